The Balaban J connectivity index is 1.23. The van der Waals surface area contributed by atoms with Gasteiger partial charge in [-0.3, -0.25) is 4.79 Å². The number of nitrogens with one attached hydrogen (secondary N) is 3. The number of anilines is 1. The van der Waals surface area contributed by atoms with E-state index in [0.717, 1.165) is 38.7 Å². The summed E-state index contributed by atoms with van der Waals surface area (Å²) in [6.07, 6.45) is -2.33. The van der Waals surface area contributed by atoms with Crippen LogP contribution in [0.5, 0.6) is 0 Å². The normalized spacial score (nSPS) is 18.3. The Morgan fingerprint density at radius 3 is 2.52 bits per heavy atom. The molecule has 2 amide bonds. The molecule has 0 bridgehead atoms. The summed E-state index contributed by atoms with van der Waals surface area (Å²) in [6, 6.07) is 18.0. The zero-order valence-corrected chi connectivity index (χ0v) is 25.5. The van der Waals surface area contributed by atoms with Crippen LogP contribution < -0.4 is 10.6 Å². The first-order valence-electron chi connectivity index (χ1n) is 14.8. The van der Waals surface area contributed by atoms with Gasteiger partial charge in [-0.1, -0.05) is 48.5 Å². The molecule has 6 nitrogen and oxygen atoms in total. The first kappa shape index (κ1) is 30.1. The molecular weight excluding hydrogens is 587 g/mol. The van der Waals surface area contributed by atoms with E-state index in [1.807, 2.05) is 42.5 Å². The quantitative estimate of drug-likeness (QED) is 0.187. The molecule has 2 aliphatic rings. The van der Waals surface area contributed by atoms with E-state index in [-0.39, 0.29) is 17.6 Å². The summed E-state index contributed by atoms with van der Waals surface area (Å²) >= 11 is 1.29. The van der Waals surface area contributed by atoms with Crippen molar-refractivity contribution in [1.29, 1.82) is 0 Å². The number of halogens is 3. The van der Waals surface area contributed by atoms with Gasteiger partial charge in [-0.05, 0) is 87.1 Å². The highest BCUT2D eigenvalue weighted by molar-refractivity contribution is 7.99. The van der Waals surface area contributed by atoms with Gasteiger partial charge in [0.05, 0.1) is 5.56 Å². The smallest absolute Gasteiger partial charge is 0.416 e. The Hall–Kier alpha value is -3.92. The minimum absolute atomic E-state index is 0.180. The largest absolute Gasteiger partial charge is 0.444 e. The molecule has 0 radical (unpaired) electrons. The van der Waals surface area contributed by atoms with Crippen molar-refractivity contribution in [2.45, 2.75) is 80.5 Å². The van der Waals surface area contributed by atoms with Crippen molar-refractivity contribution in [2.24, 2.45) is 5.92 Å². The lowest BCUT2D eigenvalue weighted by Crippen LogP contribution is -2.43. The Labute approximate surface area is 258 Å². The van der Waals surface area contributed by atoms with E-state index in [2.05, 4.69) is 21.7 Å². The summed E-state index contributed by atoms with van der Waals surface area (Å²) < 4.78 is 47.4. The fourth-order valence-corrected chi connectivity index (χ4v) is 7.15. The number of aromatic amines is 1. The minimum Gasteiger partial charge on any atom is -0.444 e. The molecule has 4 aromatic rings. The highest BCUT2D eigenvalue weighted by Crippen LogP contribution is 2.46. The highest BCUT2D eigenvalue weighted by Gasteiger charge is 2.35. The number of para-hydroxylation sites is 1. The summed E-state index contributed by atoms with van der Waals surface area (Å²) in [5.41, 5.74) is 3.28. The van der Waals surface area contributed by atoms with E-state index < -0.39 is 29.4 Å². The predicted molar refractivity (Wildman–Crippen MR) is 166 cm³/mol. The van der Waals surface area contributed by atoms with Crippen LogP contribution in [0.15, 0.2) is 70.5 Å². The van der Waals surface area contributed by atoms with Crippen LogP contribution >= 0.6 is 11.8 Å². The van der Waals surface area contributed by atoms with Crippen molar-refractivity contribution in [3.63, 3.8) is 0 Å². The Bertz CT molecular complexity index is 1710. The first-order chi connectivity index (χ1) is 20.8. The van der Waals surface area contributed by atoms with Crippen LogP contribution in [0.2, 0.25) is 0 Å². The van der Waals surface area contributed by atoms with Gasteiger partial charge >= 0.3 is 12.3 Å². The second-order valence-electron chi connectivity index (χ2n) is 12.6. The molecule has 2 atom stereocenters. The van der Waals surface area contributed by atoms with Gasteiger partial charge in [0.1, 0.15) is 5.60 Å². The number of fused-ring (bicyclic) bond motifs is 3. The number of alkyl carbamates (subject to hydrolysis) is 1. The van der Waals surface area contributed by atoms with Gasteiger partial charge in [-0.25, -0.2) is 4.79 Å². The molecule has 10 heteroatoms. The van der Waals surface area contributed by atoms with E-state index in [4.69, 9.17) is 4.74 Å². The standard InChI is InChI=1S/C34H34F3N3O3S/c1-33(2,3)43-32(42)38-24-9-6-8-22(13-24)31(41)40-28-17-23(34(35,36)37)18-30-25(28)14-21-12-11-20(16-29(21)44-30)27-15-19-7-4-5-10-26(19)39-27/h4-5,7,10-12,15-18,22,24,39H,6,8-9,13-14H2,1-3H3,(H,38,42)(H,40,41). The third-order valence-electron chi connectivity index (χ3n) is 8.06. The van der Waals surface area contributed by atoms with Crippen LogP contribution in [0.3, 0.4) is 0 Å². The number of hydrogen-bond donors (Lipinski definition) is 3. The number of hydrogen-bond acceptors (Lipinski definition) is 4. The molecule has 2 unspecified atom stereocenters. The molecule has 230 valence electrons. The fourth-order valence-electron chi connectivity index (χ4n) is 5.96. The van der Waals surface area contributed by atoms with Gasteiger partial charge in [-0.2, -0.15) is 13.2 Å². The van der Waals surface area contributed by atoms with Crippen LogP contribution in [-0.4, -0.2) is 28.6 Å². The fraction of sp³-hybridized carbons (Fsp3) is 0.353. The Morgan fingerprint density at radius 1 is 0.977 bits per heavy atom. The number of benzene rings is 3. The maximum atomic E-state index is 14.0. The first-order valence-corrected chi connectivity index (χ1v) is 15.6. The van der Waals surface area contributed by atoms with Crippen molar-refractivity contribution in [3.05, 3.63) is 77.4 Å². The van der Waals surface area contributed by atoms with Gasteiger partial charge in [-0.15, -0.1) is 0 Å². The van der Waals surface area contributed by atoms with Crippen LogP contribution in [0, 0.1) is 5.92 Å². The van der Waals surface area contributed by atoms with Crippen molar-refractivity contribution in [2.75, 3.05) is 5.32 Å². The maximum absolute atomic E-state index is 14.0. The van der Waals surface area contributed by atoms with Crippen molar-refractivity contribution < 1.29 is 27.5 Å². The van der Waals surface area contributed by atoms with Crippen LogP contribution in [0.1, 0.15) is 63.1 Å². The van der Waals surface area contributed by atoms with E-state index in [1.54, 1.807) is 20.8 Å². The molecule has 1 saturated carbocycles. The second kappa shape index (κ2) is 11.5. The number of carbonyl (C=O) groups excluding carboxylic acids is 2. The molecule has 1 aromatic heterocycles. The number of amides is 2. The lowest BCUT2D eigenvalue weighted by atomic mass is 9.85. The maximum Gasteiger partial charge on any atom is 0.416 e. The van der Waals surface area contributed by atoms with E-state index in [0.29, 0.717) is 42.6 Å². The summed E-state index contributed by atoms with van der Waals surface area (Å²) in [4.78, 5) is 30.5. The molecule has 44 heavy (non-hydrogen) atoms. The van der Waals surface area contributed by atoms with E-state index in [9.17, 15) is 22.8 Å². The monoisotopic (exact) mass is 621 g/mol. The van der Waals surface area contributed by atoms with Crippen LogP contribution in [0.25, 0.3) is 22.2 Å². The molecule has 0 saturated heterocycles. The molecule has 0 spiro atoms. The highest BCUT2D eigenvalue weighted by atomic mass is 32.2. The van der Waals surface area contributed by atoms with Gasteiger partial charge in [0.2, 0.25) is 5.91 Å². The van der Waals surface area contributed by atoms with Crippen molar-refractivity contribution in [3.8, 4) is 11.3 Å². The molecule has 3 N–H and O–H groups in total. The molecule has 1 aliphatic heterocycles. The summed E-state index contributed by atoms with van der Waals surface area (Å²) in [5.74, 6) is -0.788. The molecule has 2 heterocycles. The van der Waals surface area contributed by atoms with Crippen molar-refractivity contribution in [1.82, 2.24) is 10.3 Å². The third kappa shape index (κ3) is 6.60. The number of carbonyl (C=O) groups is 2. The topological polar surface area (TPSA) is 83.2 Å². The minimum atomic E-state index is -4.57. The van der Waals surface area contributed by atoms with Crippen molar-refractivity contribution >= 4 is 40.4 Å². The number of alkyl halides is 3. The summed E-state index contributed by atoms with van der Waals surface area (Å²) in [6.45, 7) is 5.33. The Morgan fingerprint density at radius 2 is 1.77 bits per heavy atom. The number of rotatable bonds is 4. The summed E-state index contributed by atoms with van der Waals surface area (Å²) in [5, 5.41) is 6.77. The SMILES string of the molecule is CC(C)(C)OC(=O)NC1CCCC(C(=O)Nc2cc(C(F)(F)F)cc3c2Cc2ccc(-c4cc5ccccc5[nH]4)cc2S3)C1. The Kier molecular flexibility index (Phi) is 7.90. The second-order valence-corrected chi connectivity index (χ2v) is 13.6. The average molecular weight is 622 g/mol. The van der Waals surface area contributed by atoms with Gasteiger partial charge in [0.25, 0.3) is 0 Å². The van der Waals surface area contributed by atoms with E-state index in [1.165, 1.54) is 17.8 Å². The average Bonchev–Trinajstić information content (AvgIpc) is 3.39. The molecule has 6 rings (SSSR count). The lowest BCUT2D eigenvalue weighted by molar-refractivity contribution is -0.137. The van der Waals surface area contributed by atoms with Crippen LogP contribution in [-0.2, 0) is 22.1 Å². The lowest BCUT2D eigenvalue weighted by Gasteiger charge is -2.30. The number of H-pyrrole nitrogens is 1. The van der Waals surface area contributed by atoms with Gasteiger partial charge in [0.15, 0.2) is 0 Å². The third-order valence-corrected chi connectivity index (χ3v) is 9.24. The van der Waals surface area contributed by atoms with Gasteiger partial charge < -0.3 is 20.4 Å². The molecule has 1 aliphatic carbocycles. The molecule has 1 fully saturated rings. The van der Waals surface area contributed by atoms with E-state index >= 15 is 0 Å². The number of aromatic nitrogens is 1. The zero-order chi connectivity index (χ0) is 31.2. The van der Waals surface area contributed by atoms with Crippen LogP contribution in [0.4, 0.5) is 23.7 Å². The summed E-state index contributed by atoms with van der Waals surface area (Å²) in [7, 11) is 0. The number of ether oxygens (including phenoxy) is 1. The molecular formula is C34H34F3N3O3S. The molecule has 3 aromatic carbocycles. The zero-order valence-electron chi connectivity index (χ0n) is 24.7. The predicted octanol–water partition coefficient (Wildman–Crippen LogP) is 8.93. The van der Waals surface area contributed by atoms with Gasteiger partial charge in [0, 0.05) is 50.5 Å².